The van der Waals surface area contributed by atoms with Crippen LogP contribution in [-0.4, -0.2) is 44.7 Å². The van der Waals surface area contributed by atoms with E-state index in [2.05, 4.69) is 5.32 Å². The van der Waals surface area contributed by atoms with Crippen molar-refractivity contribution >= 4 is 17.8 Å². The zero-order valence-corrected chi connectivity index (χ0v) is 15.4. The molecule has 0 fully saturated rings. The van der Waals surface area contributed by atoms with Gasteiger partial charge in [-0.05, 0) is 23.8 Å². The van der Waals surface area contributed by atoms with Crippen molar-refractivity contribution in [2.75, 3.05) is 20.8 Å². The van der Waals surface area contributed by atoms with Gasteiger partial charge in [-0.2, -0.15) is 0 Å². The molecule has 0 unspecified atom stereocenters. The molecule has 148 valence electrons. The van der Waals surface area contributed by atoms with Crippen LogP contribution in [-0.2, 0) is 25.5 Å². The Kier molecular flexibility index (Phi) is 7.50. The Morgan fingerprint density at radius 1 is 1.07 bits per heavy atom. The maximum atomic E-state index is 13.7. The molecule has 2 aromatic carbocycles. The highest BCUT2D eigenvalue weighted by Crippen LogP contribution is 2.18. The second kappa shape index (κ2) is 10.1. The fraction of sp³-hybridized carbons (Fsp3) is 0.250. The zero-order valence-electron chi connectivity index (χ0n) is 15.4. The molecule has 1 N–H and O–H groups in total. The lowest BCUT2D eigenvalue weighted by molar-refractivity contribution is -0.145. The number of halogens is 1. The van der Waals surface area contributed by atoms with Gasteiger partial charge in [-0.25, -0.2) is 14.0 Å². The molecule has 0 aliphatic heterocycles. The molecular formula is C20H20FNO6. The van der Waals surface area contributed by atoms with E-state index in [4.69, 9.17) is 14.2 Å². The van der Waals surface area contributed by atoms with Gasteiger partial charge in [0.15, 0.2) is 18.2 Å². The number of carbonyl (C=O) groups is 3. The molecule has 0 aromatic heterocycles. The molecule has 0 radical (unpaired) electrons. The van der Waals surface area contributed by atoms with E-state index in [9.17, 15) is 18.8 Å². The Morgan fingerprint density at radius 2 is 1.79 bits per heavy atom. The lowest BCUT2D eigenvalue weighted by Crippen LogP contribution is -2.44. The molecule has 0 aliphatic rings. The molecule has 8 heteroatoms. The quantitative estimate of drug-likeness (QED) is 0.694. The first-order valence-corrected chi connectivity index (χ1v) is 8.36. The highest BCUT2D eigenvalue weighted by Gasteiger charge is 2.23. The van der Waals surface area contributed by atoms with Gasteiger partial charge in [0.05, 0.1) is 19.8 Å². The number of carbonyl (C=O) groups excluding carboxylic acids is 3. The predicted molar refractivity (Wildman–Crippen MR) is 97.3 cm³/mol. The molecule has 2 rings (SSSR count). The lowest BCUT2D eigenvalue weighted by atomic mass is 10.1. The van der Waals surface area contributed by atoms with Crippen LogP contribution in [0.15, 0.2) is 48.5 Å². The number of hydrogen-bond donors (Lipinski definition) is 1. The molecule has 0 aliphatic carbocycles. The maximum absolute atomic E-state index is 13.7. The fourth-order valence-electron chi connectivity index (χ4n) is 2.43. The Morgan fingerprint density at radius 3 is 2.39 bits per heavy atom. The summed E-state index contributed by atoms with van der Waals surface area (Å²) in [4.78, 5) is 36.0. The second-order valence-corrected chi connectivity index (χ2v) is 5.76. The minimum absolute atomic E-state index is 0.0175. The first-order chi connectivity index (χ1) is 13.4. The minimum Gasteiger partial charge on any atom is -0.494 e. The van der Waals surface area contributed by atoms with Crippen LogP contribution in [0, 0.1) is 5.82 Å². The number of nitrogens with one attached hydrogen (secondary N) is 1. The smallest absolute Gasteiger partial charge is 0.338 e. The zero-order chi connectivity index (χ0) is 20.5. The molecule has 28 heavy (non-hydrogen) atoms. The van der Waals surface area contributed by atoms with Crippen LogP contribution in [0.4, 0.5) is 4.39 Å². The molecule has 0 spiro atoms. The molecule has 2 aromatic rings. The van der Waals surface area contributed by atoms with Crippen molar-refractivity contribution in [1.82, 2.24) is 5.32 Å². The van der Waals surface area contributed by atoms with Gasteiger partial charge in [0.2, 0.25) is 0 Å². The van der Waals surface area contributed by atoms with Gasteiger partial charge < -0.3 is 19.5 Å². The largest absolute Gasteiger partial charge is 0.494 e. The number of rotatable bonds is 8. The molecule has 0 bridgehead atoms. The van der Waals surface area contributed by atoms with Gasteiger partial charge in [-0.1, -0.05) is 30.3 Å². The normalized spacial score (nSPS) is 11.2. The summed E-state index contributed by atoms with van der Waals surface area (Å²) in [5, 5.41) is 2.47. The maximum Gasteiger partial charge on any atom is 0.338 e. The summed E-state index contributed by atoms with van der Waals surface area (Å²) in [6.45, 7) is -0.630. The third-order valence-corrected chi connectivity index (χ3v) is 3.83. The SMILES string of the molecule is COC(=O)[C@@H](Cc1ccccc1)NC(=O)COC(=O)c1ccc(OC)c(F)c1. The van der Waals surface area contributed by atoms with Crippen molar-refractivity contribution in [2.24, 2.45) is 0 Å². The van der Waals surface area contributed by atoms with Crippen molar-refractivity contribution in [1.29, 1.82) is 0 Å². The molecule has 1 atom stereocenters. The van der Waals surface area contributed by atoms with Crippen LogP contribution in [0.1, 0.15) is 15.9 Å². The Bertz CT molecular complexity index is 840. The number of benzene rings is 2. The van der Waals surface area contributed by atoms with Crippen molar-refractivity contribution in [2.45, 2.75) is 12.5 Å². The number of esters is 2. The molecule has 7 nitrogen and oxygen atoms in total. The van der Waals surface area contributed by atoms with Gasteiger partial charge in [0, 0.05) is 6.42 Å². The van der Waals surface area contributed by atoms with Crippen LogP contribution in [0.25, 0.3) is 0 Å². The summed E-state index contributed by atoms with van der Waals surface area (Å²) >= 11 is 0. The van der Waals surface area contributed by atoms with Crippen molar-refractivity contribution < 1.29 is 33.0 Å². The van der Waals surface area contributed by atoms with Crippen molar-refractivity contribution in [3.8, 4) is 5.75 Å². The monoisotopic (exact) mass is 389 g/mol. The van der Waals surface area contributed by atoms with E-state index in [1.165, 1.54) is 26.4 Å². The van der Waals surface area contributed by atoms with Gasteiger partial charge in [-0.3, -0.25) is 4.79 Å². The first-order valence-electron chi connectivity index (χ1n) is 8.36. The van der Waals surface area contributed by atoms with Crippen LogP contribution < -0.4 is 10.1 Å². The summed E-state index contributed by atoms with van der Waals surface area (Å²) in [6.07, 6.45) is 0.219. The highest BCUT2D eigenvalue weighted by molar-refractivity contribution is 5.92. The minimum atomic E-state index is -0.933. The van der Waals surface area contributed by atoms with Crippen LogP contribution >= 0.6 is 0 Å². The van der Waals surface area contributed by atoms with Crippen LogP contribution in [0.3, 0.4) is 0 Å². The van der Waals surface area contributed by atoms with Crippen LogP contribution in [0.2, 0.25) is 0 Å². The van der Waals surface area contributed by atoms with Gasteiger partial charge in [0.25, 0.3) is 5.91 Å². The third kappa shape index (κ3) is 5.80. The van der Waals surface area contributed by atoms with E-state index in [-0.39, 0.29) is 17.7 Å². The van der Waals surface area contributed by atoms with E-state index in [1.54, 1.807) is 24.3 Å². The molecule has 0 saturated carbocycles. The van der Waals surface area contributed by atoms with E-state index in [0.717, 1.165) is 11.6 Å². The van der Waals surface area contributed by atoms with Crippen LogP contribution in [0.5, 0.6) is 5.75 Å². The fourth-order valence-corrected chi connectivity index (χ4v) is 2.43. The molecule has 0 heterocycles. The summed E-state index contributed by atoms with van der Waals surface area (Å²) in [6, 6.07) is 11.7. The van der Waals surface area contributed by atoms with E-state index in [0.29, 0.717) is 0 Å². The average Bonchev–Trinajstić information content (AvgIpc) is 2.71. The summed E-state index contributed by atoms with van der Waals surface area (Å²) in [7, 11) is 2.51. The topological polar surface area (TPSA) is 90.9 Å². The van der Waals surface area contributed by atoms with Gasteiger partial charge in [-0.15, -0.1) is 0 Å². The van der Waals surface area contributed by atoms with E-state index >= 15 is 0 Å². The van der Waals surface area contributed by atoms with Crippen molar-refractivity contribution in [3.05, 3.63) is 65.5 Å². The lowest BCUT2D eigenvalue weighted by Gasteiger charge is -2.16. The summed E-state index contributed by atoms with van der Waals surface area (Å²) in [5.74, 6) is -2.94. The van der Waals surface area contributed by atoms with E-state index in [1.807, 2.05) is 6.07 Å². The number of amides is 1. The summed E-state index contributed by atoms with van der Waals surface area (Å²) in [5.41, 5.74) is 0.754. The highest BCUT2D eigenvalue weighted by atomic mass is 19.1. The van der Waals surface area contributed by atoms with Crippen molar-refractivity contribution in [3.63, 3.8) is 0 Å². The molecule has 0 saturated heterocycles. The summed E-state index contributed by atoms with van der Waals surface area (Å²) < 4.78 is 28.0. The number of hydrogen-bond acceptors (Lipinski definition) is 6. The Labute approximate surface area is 161 Å². The Balaban J connectivity index is 1.94. The predicted octanol–water partition coefficient (Wildman–Crippen LogP) is 1.89. The second-order valence-electron chi connectivity index (χ2n) is 5.76. The van der Waals surface area contributed by atoms with Gasteiger partial charge >= 0.3 is 11.9 Å². The van der Waals surface area contributed by atoms with Gasteiger partial charge in [0.1, 0.15) is 6.04 Å². The molecular weight excluding hydrogens is 369 g/mol. The number of ether oxygens (including phenoxy) is 3. The average molecular weight is 389 g/mol. The third-order valence-electron chi connectivity index (χ3n) is 3.83. The Hall–Kier alpha value is -3.42. The molecule has 1 amide bonds. The first kappa shape index (κ1) is 20.9. The number of methoxy groups -OCH3 is 2. The standard InChI is InChI=1S/C20H20FNO6/c1-26-17-9-8-14(11-15(17)21)19(24)28-12-18(23)22-16(20(25)27-2)10-13-6-4-3-5-7-13/h3-9,11,16H,10,12H2,1-2H3,(H,22,23)/t16-/m1/s1. The van der Waals surface area contributed by atoms with E-state index < -0.39 is 36.3 Å².